The summed E-state index contributed by atoms with van der Waals surface area (Å²) in [7, 11) is -2.09. The Bertz CT molecular complexity index is 1140. The third-order valence-electron chi connectivity index (χ3n) is 6.87. The van der Waals surface area contributed by atoms with E-state index in [-0.39, 0.29) is 24.2 Å². The molecule has 0 aliphatic carbocycles. The number of amides is 1. The molecule has 0 aromatic heterocycles. The standard InChI is InChI=1S/C38H69NO17S/c1-38(2,3)56-37(40)39(4)10-11-43-12-13-44-14-15-45-16-17-46-18-19-47-20-21-48-22-23-49-24-25-50-26-27-51-28-29-52-30-31-53-32-33-54-34-35-55-57(41,42)36-8-6-5-7-9-36/h5-9H,10-35H2,1-4H3. The maximum atomic E-state index is 12.0. The van der Waals surface area contributed by atoms with Crippen LogP contribution < -0.4 is 0 Å². The Balaban J connectivity index is 1.66. The van der Waals surface area contributed by atoms with Crippen LogP contribution in [0.2, 0.25) is 0 Å². The van der Waals surface area contributed by atoms with Gasteiger partial charge in [0.1, 0.15) is 5.60 Å². The van der Waals surface area contributed by atoms with Gasteiger partial charge in [-0.1, -0.05) is 18.2 Å². The number of nitrogens with zero attached hydrogens (tertiary/aromatic N) is 1. The number of carbonyl (C=O) groups excluding carboxylic acids is 1. The Morgan fingerprint density at radius 3 is 1.00 bits per heavy atom. The van der Waals surface area contributed by atoms with E-state index in [4.69, 9.17) is 65.8 Å². The molecule has 19 heteroatoms. The van der Waals surface area contributed by atoms with Crippen molar-refractivity contribution in [2.45, 2.75) is 31.3 Å². The highest BCUT2D eigenvalue weighted by Crippen LogP contribution is 2.11. The quantitative estimate of drug-likeness (QED) is 0.0692. The SMILES string of the molecule is CN(CCOCCOCCOCCOCCOCCOCCOCCOCCOCCOCCOCCOCCOS(=O)(=O)c1ccccc1)C(=O)OC(C)(C)C. The lowest BCUT2D eigenvalue weighted by molar-refractivity contribution is -0.0286. The number of hydrogen-bond acceptors (Lipinski definition) is 17. The molecule has 0 atom stereocenters. The first-order valence-corrected chi connectivity index (χ1v) is 20.8. The smallest absolute Gasteiger partial charge is 0.410 e. The van der Waals surface area contributed by atoms with Gasteiger partial charge in [-0.05, 0) is 32.9 Å². The second-order valence-electron chi connectivity index (χ2n) is 12.8. The summed E-state index contributed by atoms with van der Waals surface area (Å²) in [5.41, 5.74) is -0.518. The molecule has 0 aliphatic heterocycles. The molecule has 0 saturated heterocycles. The van der Waals surface area contributed by atoms with Gasteiger partial charge in [0, 0.05) is 13.6 Å². The summed E-state index contributed by atoms with van der Waals surface area (Å²) in [6.07, 6.45) is -0.371. The Morgan fingerprint density at radius 1 is 0.456 bits per heavy atom. The summed E-state index contributed by atoms with van der Waals surface area (Å²) in [6, 6.07) is 7.97. The summed E-state index contributed by atoms with van der Waals surface area (Å²) in [4.78, 5) is 13.5. The van der Waals surface area contributed by atoms with E-state index in [9.17, 15) is 13.2 Å². The van der Waals surface area contributed by atoms with Gasteiger partial charge in [-0.25, -0.2) is 4.79 Å². The lowest BCUT2D eigenvalue weighted by Gasteiger charge is -2.24. The Hall–Kier alpha value is -2.08. The number of rotatable bonds is 41. The van der Waals surface area contributed by atoms with E-state index in [2.05, 4.69) is 0 Å². The van der Waals surface area contributed by atoms with Crippen molar-refractivity contribution in [1.82, 2.24) is 4.90 Å². The topological polar surface area (TPSA) is 184 Å². The molecule has 0 aliphatic rings. The molecule has 1 amide bonds. The van der Waals surface area contributed by atoms with E-state index in [1.54, 1.807) is 25.2 Å². The van der Waals surface area contributed by atoms with Crippen LogP contribution in [-0.4, -0.2) is 204 Å². The van der Waals surface area contributed by atoms with Crippen molar-refractivity contribution in [2.24, 2.45) is 0 Å². The minimum Gasteiger partial charge on any atom is -0.444 e. The number of ether oxygens (including phenoxy) is 13. The molecule has 334 valence electrons. The van der Waals surface area contributed by atoms with Crippen molar-refractivity contribution in [3.63, 3.8) is 0 Å². The first-order valence-electron chi connectivity index (χ1n) is 19.4. The highest BCUT2D eigenvalue weighted by Gasteiger charge is 2.19. The minimum atomic E-state index is -3.77. The minimum absolute atomic E-state index is 0.0647. The van der Waals surface area contributed by atoms with Crippen LogP contribution in [-0.2, 0) is 75.9 Å². The van der Waals surface area contributed by atoms with Crippen LogP contribution in [0.3, 0.4) is 0 Å². The fraction of sp³-hybridized carbons (Fsp3) is 0.816. The van der Waals surface area contributed by atoms with Crippen molar-refractivity contribution in [1.29, 1.82) is 0 Å². The van der Waals surface area contributed by atoms with E-state index < -0.39 is 15.7 Å². The van der Waals surface area contributed by atoms with E-state index in [1.165, 1.54) is 17.0 Å². The molecular formula is C38H69NO17S. The second kappa shape index (κ2) is 37.0. The van der Waals surface area contributed by atoms with Gasteiger partial charge >= 0.3 is 6.09 Å². The summed E-state index contributed by atoms with van der Waals surface area (Å²) in [6.45, 7) is 16.3. The lowest BCUT2D eigenvalue weighted by Crippen LogP contribution is -2.36. The molecule has 1 rings (SSSR count). The summed E-state index contributed by atoms with van der Waals surface area (Å²) < 4.78 is 99.7. The Morgan fingerprint density at radius 2 is 0.719 bits per heavy atom. The molecule has 0 radical (unpaired) electrons. The number of carbonyl (C=O) groups is 1. The first kappa shape index (κ1) is 52.9. The summed E-state index contributed by atoms with van der Waals surface area (Å²) >= 11 is 0. The summed E-state index contributed by atoms with van der Waals surface area (Å²) in [5.74, 6) is 0. The van der Waals surface area contributed by atoms with Gasteiger partial charge in [0.25, 0.3) is 10.1 Å². The van der Waals surface area contributed by atoms with Crippen molar-refractivity contribution >= 4 is 16.2 Å². The molecule has 1 aromatic rings. The molecule has 57 heavy (non-hydrogen) atoms. The van der Waals surface area contributed by atoms with E-state index in [0.29, 0.717) is 159 Å². The van der Waals surface area contributed by atoms with Crippen LogP contribution in [0.25, 0.3) is 0 Å². The van der Waals surface area contributed by atoms with Crippen LogP contribution in [0.4, 0.5) is 4.79 Å². The van der Waals surface area contributed by atoms with E-state index in [1.807, 2.05) is 20.8 Å². The Kier molecular flexibility index (Phi) is 34.3. The van der Waals surface area contributed by atoms with E-state index >= 15 is 0 Å². The third kappa shape index (κ3) is 35.6. The third-order valence-corrected chi connectivity index (χ3v) is 8.19. The molecule has 0 saturated carbocycles. The molecule has 18 nitrogen and oxygen atoms in total. The largest absolute Gasteiger partial charge is 0.444 e. The van der Waals surface area contributed by atoms with Crippen LogP contribution in [0, 0.1) is 0 Å². The van der Waals surface area contributed by atoms with Gasteiger partial charge in [-0.15, -0.1) is 0 Å². The molecule has 0 bridgehead atoms. The number of hydrogen-bond donors (Lipinski definition) is 0. The molecular weight excluding hydrogens is 774 g/mol. The van der Waals surface area contributed by atoms with Gasteiger partial charge in [-0.2, -0.15) is 8.42 Å². The molecule has 0 spiro atoms. The maximum Gasteiger partial charge on any atom is 0.410 e. The Labute approximate surface area is 339 Å². The first-order chi connectivity index (χ1) is 27.6. The molecule has 0 fully saturated rings. The predicted octanol–water partition coefficient (Wildman–Crippen LogP) is 2.46. The van der Waals surface area contributed by atoms with Gasteiger partial charge in [0.15, 0.2) is 0 Å². The molecule has 0 heterocycles. The molecule has 0 unspecified atom stereocenters. The number of likely N-dealkylation sites (N-methyl/N-ethyl adjacent to an activating group) is 1. The lowest BCUT2D eigenvalue weighted by atomic mass is 10.2. The maximum absolute atomic E-state index is 12.0. The summed E-state index contributed by atoms with van der Waals surface area (Å²) in [5, 5.41) is 0. The van der Waals surface area contributed by atoms with Crippen molar-refractivity contribution in [3.8, 4) is 0 Å². The zero-order chi connectivity index (χ0) is 41.6. The number of benzene rings is 1. The molecule has 1 aromatic carbocycles. The monoisotopic (exact) mass is 843 g/mol. The zero-order valence-corrected chi connectivity index (χ0v) is 35.4. The van der Waals surface area contributed by atoms with Crippen molar-refractivity contribution in [2.75, 3.05) is 179 Å². The fourth-order valence-corrected chi connectivity index (χ4v) is 4.93. The molecule has 0 N–H and O–H groups in total. The second-order valence-corrected chi connectivity index (χ2v) is 14.5. The van der Waals surface area contributed by atoms with Gasteiger partial charge < -0.3 is 66.5 Å². The van der Waals surface area contributed by atoms with Crippen molar-refractivity contribution in [3.05, 3.63) is 30.3 Å². The van der Waals surface area contributed by atoms with E-state index in [0.717, 1.165) is 0 Å². The van der Waals surface area contributed by atoms with Gasteiger partial charge in [0.2, 0.25) is 0 Å². The average Bonchev–Trinajstić information content (AvgIpc) is 3.18. The normalized spacial score (nSPS) is 12.0. The van der Waals surface area contributed by atoms with Crippen LogP contribution in [0.1, 0.15) is 20.8 Å². The zero-order valence-electron chi connectivity index (χ0n) is 34.6. The van der Waals surface area contributed by atoms with Crippen molar-refractivity contribution < 1.29 is 79.0 Å². The van der Waals surface area contributed by atoms with Crippen LogP contribution in [0.5, 0.6) is 0 Å². The predicted molar refractivity (Wildman–Crippen MR) is 208 cm³/mol. The average molecular weight is 844 g/mol. The highest BCUT2D eigenvalue weighted by atomic mass is 32.2. The van der Waals surface area contributed by atoms with Crippen LogP contribution >= 0.6 is 0 Å². The fourth-order valence-electron chi connectivity index (χ4n) is 4.01. The highest BCUT2D eigenvalue weighted by molar-refractivity contribution is 7.86. The van der Waals surface area contributed by atoms with Gasteiger partial charge in [0.05, 0.1) is 170 Å². The van der Waals surface area contributed by atoms with Gasteiger partial charge in [-0.3, -0.25) is 4.18 Å². The van der Waals surface area contributed by atoms with Crippen LogP contribution in [0.15, 0.2) is 35.2 Å².